The van der Waals surface area contributed by atoms with Gasteiger partial charge in [-0.3, -0.25) is 4.79 Å². The Kier molecular flexibility index (Phi) is 3.23. The molecule has 92 valence electrons. The number of carbonyl (C=O) groups is 2. The van der Waals surface area contributed by atoms with E-state index in [4.69, 9.17) is 0 Å². The molecule has 0 unspecified atom stereocenters. The van der Waals surface area contributed by atoms with Gasteiger partial charge in [-0.25, -0.2) is 9.48 Å². The van der Waals surface area contributed by atoms with Gasteiger partial charge in [0.15, 0.2) is 5.78 Å². The molecule has 1 aromatic carbocycles. The summed E-state index contributed by atoms with van der Waals surface area (Å²) in [5, 5.41) is 4.07. The van der Waals surface area contributed by atoms with Crippen molar-refractivity contribution in [2.45, 2.75) is 6.92 Å². The zero-order valence-corrected chi connectivity index (χ0v) is 10.1. The minimum Gasteiger partial charge on any atom is -0.465 e. The monoisotopic (exact) mass is 244 g/mol. The predicted octanol–water partition coefficient (Wildman–Crippen LogP) is 1.86. The van der Waals surface area contributed by atoms with E-state index < -0.39 is 5.97 Å². The van der Waals surface area contributed by atoms with Crippen LogP contribution >= 0.6 is 0 Å². The summed E-state index contributed by atoms with van der Waals surface area (Å²) in [7, 11) is 1.30. The fourth-order valence-electron chi connectivity index (χ4n) is 1.67. The van der Waals surface area contributed by atoms with Gasteiger partial charge in [-0.1, -0.05) is 0 Å². The number of hydrogen-bond acceptors (Lipinski definition) is 4. The van der Waals surface area contributed by atoms with Gasteiger partial charge < -0.3 is 4.74 Å². The van der Waals surface area contributed by atoms with Crippen LogP contribution in [0.1, 0.15) is 27.6 Å². The van der Waals surface area contributed by atoms with Gasteiger partial charge in [-0.05, 0) is 31.2 Å². The quantitative estimate of drug-likeness (QED) is 0.610. The molecule has 18 heavy (non-hydrogen) atoms. The predicted molar refractivity (Wildman–Crippen MR) is 64.9 cm³/mol. The lowest BCUT2D eigenvalue weighted by atomic mass is 10.1. The average Bonchev–Trinajstić information content (AvgIpc) is 2.90. The molecule has 0 aliphatic carbocycles. The van der Waals surface area contributed by atoms with Gasteiger partial charge in [-0.15, -0.1) is 0 Å². The Bertz CT molecular complexity index is 588. The molecule has 1 aromatic heterocycles. The second kappa shape index (κ2) is 4.83. The van der Waals surface area contributed by atoms with Crippen molar-refractivity contribution < 1.29 is 14.3 Å². The van der Waals surface area contributed by atoms with Crippen LogP contribution in [0.4, 0.5) is 0 Å². The van der Waals surface area contributed by atoms with E-state index in [2.05, 4.69) is 9.84 Å². The Morgan fingerprint density at radius 1 is 1.33 bits per heavy atom. The normalized spacial score (nSPS) is 10.1. The third-order valence-corrected chi connectivity index (χ3v) is 2.55. The molecule has 0 N–H and O–H groups in total. The molecule has 0 saturated carbocycles. The fourth-order valence-corrected chi connectivity index (χ4v) is 1.67. The van der Waals surface area contributed by atoms with E-state index in [1.165, 1.54) is 20.1 Å². The van der Waals surface area contributed by atoms with Gasteiger partial charge in [0.1, 0.15) is 0 Å². The van der Waals surface area contributed by atoms with Crippen LogP contribution in [-0.4, -0.2) is 28.6 Å². The first-order valence-electron chi connectivity index (χ1n) is 5.37. The summed E-state index contributed by atoms with van der Waals surface area (Å²) in [6, 6.07) is 6.56. The first-order valence-corrected chi connectivity index (χ1v) is 5.37. The highest BCUT2D eigenvalue weighted by atomic mass is 16.5. The summed E-state index contributed by atoms with van der Waals surface area (Å²) in [4.78, 5) is 23.1. The lowest BCUT2D eigenvalue weighted by Gasteiger charge is -2.08. The molecule has 0 aliphatic rings. The molecular formula is C13H12N2O3. The van der Waals surface area contributed by atoms with Crippen molar-refractivity contribution in [1.82, 2.24) is 9.78 Å². The Morgan fingerprint density at radius 2 is 2.11 bits per heavy atom. The molecule has 0 amide bonds. The van der Waals surface area contributed by atoms with Crippen LogP contribution in [0.5, 0.6) is 0 Å². The summed E-state index contributed by atoms with van der Waals surface area (Å²) < 4.78 is 6.21. The van der Waals surface area contributed by atoms with Crippen LogP contribution < -0.4 is 0 Å². The van der Waals surface area contributed by atoms with Gasteiger partial charge in [0.05, 0.1) is 18.4 Å². The number of hydrogen-bond donors (Lipinski definition) is 0. The van der Waals surface area contributed by atoms with Crippen molar-refractivity contribution >= 4 is 11.8 Å². The van der Waals surface area contributed by atoms with Crippen LogP contribution in [0, 0.1) is 0 Å². The number of nitrogens with zero attached hydrogens (tertiary/aromatic N) is 2. The summed E-state index contributed by atoms with van der Waals surface area (Å²) in [5.74, 6) is -0.601. The van der Waals surface area contributed by atoms with Crippen LogP contribution in [0.25, 0.3) is 5.69 Å². The van der Waals surface area contributed by atoms with Crippen molar-refractivity contribution in [3.8, 4) is 5.69 Å². The van der Waals surface area contributed by atoms with Crippen molar-refractivity contribution in [1.29, 1.82) is 0 Å². The Balaban J connectivity index is 2.55. The average molecular weight is 244 g/mol. The largest absolute Gasteiger partial charge is 0.465 e. The molecule has 0 spiro atoms. The zero-order valence-electron chi connectivity index (χ0n) is 10.1. The number of aromatic nitrogens is 2. The van der Waals surface area contributed by atoms with Gasteiger partial charge in [0.2, 0.25) is 0 Å². The van der Waals surface area contributed by atoms with E-state index >= 15 is 0 Å². The van der Waals surface area contributed by atoms with Gasteiger partial charge in [-0.2, -0.15) is 5.10 Å². The molecular weight excluding hydrogens is 232 g/mol. The van der Waals surface area contributed by atoms with E-state index in [1.807, 2.05) is 0 Å². The van der Waals surface area contributed by atoms with Crippen LogP contribution in [0.3, 0.4) is 0 Å². The number of methoxy groups -OCH3 is 1. The third-order valence-electron chi connectivity index (χ3n) is 2.55. The Hall–Kier alpha value is -2.43. The molecule has 0 radical (unpaired) electrons. The topological polar surface area (TPSA) is 61.2 Å². The molecule has 0 atom stereocenters. The molecule has 0 saturated heterocycles. The van der Waals surface area contributed by atoms with E-state index in [0.29, 0.717) is 16.8 Å². The van der Waals surface area contributed by atoms with E-state index in [1.54, 1.807) is 35.3 Å². The molecule has 0 fully saturated rings. The SMILES string of the molecule is COC(=O)c1ccc(-n2cccn2)c(C(C)=O)c1. The maximum atomic E-state index is 11.6. The first-order chi connectivity index (χ1) is 8.63. The van der Waals surface area contributed by atoms with Crippen molar-refractivity contribution in [3.63, 3.8) is 0 Å². The second-order valence-corrected chi connectivity index (χ2v) is 3.73. The summed E-state index contributed by atoms with van der Waals surface area (Å²) in [6.45, 7) is 1.45. The molecule has 2 aromatic rings. The summed E-state index contributed by atoms with van der Waals surface area (Å²) in [5.41, 5.74) is 1.42. The van der Waals surface area contributed by atoms with Crippen molar-refractivity contribution in [2.75, 3.05) is 7.11 Å². The van der Waals surface area contributed by atoms with Gasteiger partial charge in [0, 0.05) is 18.0 Å². The molecule has 5 heteroatoms. The van der Waals surface area contributed by atoms with E-state index in [9.17, 15) is 9.59 Å². The first kappa shape index (κ1) is 12.0. The molecule has 5 nitrogen and oxygen atoms in total. The van der Waals surface area contributed by atoms with Crippen LogP contribution in [0.2, 0.25) is 0 Å². The van der Waals surface area contributed by atoms with E-state index in [-0.39, 0.29) is 5.78 Å². The number of rotatable bonds is 3. The number of benzene rings is 1. The minimum absolute atomic E-state index is 0.133. The molecule has 0 bridgehead atoms. The fraction of sp³-hybridized carbons (Fsp3) is 0.154. The molecule has 1 heterocycles. The molecule has 2 rings (SSSR count). The Morgan fingerprint density at radius 3 is 2.67 bits per heavy atom. The number of Topliss-reactive ketones (excluding diaryl/α,β-unsaturated/α-hetero) is 1. The second-order valence-electron chi connectivity index (χ2n) is 3.73. The lowest BCUT2D eigenvalue weighted by molar-refractivity contribution is 0.0600. The number of ether oxygens (including phenoxy) is 1. The highest BCUT2D eigenvalue weighted by molar-refractivity contribution is 6.00. The van der Waals surface area contributed by atoms with Gasteiger partial charge >= 0.3 is 5.97 Å². The van der Waals surface area contributed by atoms with Gasteiger partial charge in [0.25, 0.3) is 0 Å². The highest BCUT2D eigenvalue weighted by Crippen LogP contribution is 2.17. The minimum atomic E-state index is -0.468. The number of esters is 1. The highest BCUT2D eigenvalue weighted by Gasteiger charge is 2.14. The third kappa shape index (κ3) is 2.15. The number of ketones is 1. The van der Waals surface area contributed by atoms with E-state index in [0.717, 1.165) is 0 Å². The standard InChI is InChI=1S/C13H12N2O3/c1-9(16)11-8-10(13(17)18-2)4-5-12(11)15-7-3-6-14-15/h3-8H,1-2H3. The summed E-state index contributed by atoms with van der Waals surface area (Å²) >= 11 is 0. The number of carbonyl (C=O) groups excluding carboxylic acids is 2. The van der Waals surface area contributed by atoms with Crippen LogP contribution in [-0.2, 0) is 4.74 Å². The zero-order chi connectivity index (χ0) is 13.1. The maximum absolute atomic E-state index is 11.6. The smallest absolute Gasteiger partial charge is 0.337 e. The Labute approximate surface area is 104 Å². The maximum Gasteiger partial charge on any atom is 0.337 e. The lowest BCUT2D eigenvalue weighted by Crippen LogP contribution is -2.08. The van der Waals surface area contributed by atoms with Crippen LogP contribution in [0.15, 0.2) is 36.7 Å². The van der Waals surface area contributed by atoms with Crippen molar-refractivity contribution in [2.24, 2.45) is 0 Å². The molecule has 0 aliphatic heterocycles. The van der Waals surface area contributed by atoms with Crippen molar-refractivity contribution in [3.05, 3.63) is 47.8 Å². The summed E-state index contributed by atoms with van der Waals surface area (Å²) in [6.07, 6.45) is 3.36.